The number of aromatic nitrogens is 2. The predicted octanol–water partition coefficient (Wildman–Crippen LogP) is 4.91. The van der Waals surface area contributed by atoms with Crippen molar-refractivity contribution in [3.05, 3.63) is 72.1 Å². The lowest BCUT2D eigenvalue weighted by Crippen LogP contribution is -2.29. The van der Waals surface area contributed by atoms with Crippen LogP contribution in [0, 0.1) is 6.92 Å². The summed E-state index contributed by atoms with van der Waals surface area (Å²) in [7, 11) is 0. The second-order valence-electron chi connectivity index (χ2n) is 7.23. The summed E-state index contributed by atoms with van der Waals surface area (Å²) in [5.41, 5.74) is 6.55. The van der Waals surface area contributed by atoms with Crippen LogP contribution in [0.3, 0.4) is 0 Å². The van der Waals surface area contributed by atoms with Gasteiger partial charge in [0.2, 0.25) is 0 Å². The van der Waals surface area contributed by atoms with E-state index < -0.39 is 0 Å². The molecule has 0 N–H and O–H groups in total. The van der Waals surface area contributed by atoms with Crippen LogP contribution in [0.4, 0.5) is 0 Å². The van der Waals surface area contributed by atoms with Crippen LogP contribution in [0.25, 0.3) is 16.6 Å². The van der Waals surface area contributed by atoms with Crippen molar-refractivity contribution in [1.29, 1.82) is 0 Å². The highest BCUT2D eigenvalue weighted by atomic mass is 15.1. The smallest absolute Gasteiger partial charge is 0.0958 e. The molecule has 0 bridgehead atoms. The predicted molar refractivity (Wildman–Crippen MR) is 109 cm³/mol. The molecule has 0 amide bonds. The fourth-order valence-electron chi connectivity index (χ4n) is 3.86. The molecule has 3 heteroatoms. The van der Waals surface area contributed by atoms with Crippen LogP contribution in [-0.2, 0) is 6.54 Å². The average Bonchev–Trinajstić information content (AvgIpc) is 3.11. The van der Waals surface area contributed by atoms with E-state index in [9.17, 15) is 0 Å². The Bertz CT molecular complexity index is 892. The standard InChI is InChI=1S/C23H27N3/c1-19-8-7-11-22-23(19)24-18-26(22)15-6-5-14-25-16-12-21(13-17-25)20-9-3-2-4-10-20/h2-4,7-12,18H,5-6,13-17H2,1H3. The van der Waals surface area contributed by atoms with E-state index in [1.807, 2.05) is 6.33 Å². The molecule has 0 spiro atoms. The first-order valence-corrected chi connectivity index (χ1v) is 9.68. The van der Waals surface area contributed by atoms with Crippen molar-refractivity contribution in [3.8, 4) is 0 Å². The fourth-order valence-corrected chi connectivity index (χ4v) is 3.86. The number of rotatable bonds is 6. The Morgan fingerprint density at radius 2 is 1.81 bits per heavy atom. The van der Waals surface area contributed by atoms with Gasteiger partial charge in [0, 0.05) is 19.6 Å². The number of benzene rings is 2. The van der Waals surface area contributed by atoms with Gasteiger partial charge in [-0.25, -0.2) is 4.98 Å². The molecule has 0 aliphatic carbocycles. The van der Waals surface area contributed by atoms with Gasteiger partial charge in [-0.15, -0.1) is 0 Å². The number of imidazole rings is 1. The third kappa shape index (κ3) is 3.73. The summed E-state index contributed by atoms with van der Waals surface area (Å²) in [6, 6.07) is 17.2. The van der Waals surface area contributed by atoms with Crippen LogP contribution >= 0.6 is 0 Å². The van der Waals surface area contributed by atoms with Gasteiger partial charge in [-0.3, -0.25) is 4.90 Å². The Labute approximate surface area is 156 Å². The molecule has 1 aliphatic heterocycles. The third-order valence-electron chi connectivity index (χ3n) is 5.41. The van der Waals surface area contributed by atoms with E-state index in [1.165, 1.54) is 48.1 Å². The number of fused-ring (bicyclic) bond motifs is 1. The van der Waals surface area contributed by atoms with Crippen molar-refractivity contribution in [2.45, 2.75) is 32.7 Å². The topological polar surface area (TPSA) is 21.1 Å². The fraction of sp³-hybridized carbons (Fsp3) is 0.348. The van der Waals surface area contributed by atoms with E-state index in [-0.39, 0.29) is 0 Å². The van der Waals surface area contributed by atoms with Crippen molar-refractivity contribution >= 4 is 16.6 Å². The van der Waals surface area contributed by atoms with E-state index in [4.69, 9.17) is 0 Å². The van der Waals surface area contributed by atoms with Crippen LogP contribution in [-0.4, -0.2) is 34.1 Å². The monoisotopic (exact) mass is 345 g/mol. The summed E-state index contributed by atoms with van der Waals surface area (Å²) in [6.07, 6.45) is 8.00. The lowest BCUT2D eigenvalue weighted by molar-refractivity contribution is 0.293. The molecule has 0 saturated heterocycles. The van der Waals surface area contributed by atoms with Gasteiger partial charge in [0.25, 0.3) is 0 Å². The van der Waals surface area contributed by atoms with E-state index in [0.29, 0.717) is 0 Å². The molecule has 0 unspecified atom stereocenters. The summed E-state index contributed by atoms with van der Waals surface area (Å²) in [5.74, 6) is 0. The normalized spacial score (nSPS) is 15.3. The second kappa shape index (κ2) is 7.88. The zero-order valence-electron chi connectivity index (χ0n) is 15.6. The summed E-state index contributed by atoms with van der Waals surface area (Å²) in [4.78, 5) is 7.14. The van der Waals surface area contributed by atoms with E-state index >= 15 is 0 Å². The molecular weight excluding hydrogens is 318 g/mol. The Hall–Kier alpha value is -2.39. The van der Waals surface area contributed by atoms with Crippen LogP contribution < -0.4 is 0 Å². The van der Waals surface area contributed by atoms with Gasteiger partial charge in [0.15, 0.2) is 0 Å². The Morgan fingerprint density at radius 3 is 2.62 bits per heavy atom. The van der Waals surface area contributed by atoms with Crippen LogP contribution in [0.15, 0.2) is 60.9 Å². The van der Waals surface area contributed by atoms with Crippen LogP contribution in [0.1, 0.15) is 30.4 Å². The molecule has 134 valence electrons. The molecule has 3 aromatic rings. The maximum atomic E-state index is 4.57. The lowest BCUT2D eigenvalue weighted by atomic mass is 9.99. The molecule has 1 aromatic heterocycles. The molecule has 2 heterocycles. The lowest BCUT2D eigenvalue weighted by Gasteiger charge is -2.26. The number of hydrogen-bond donors (Lipinski definition) is 0. The number of nitrogens with zero attached hydrogens (tertiary/aromatic N) is 3. The summed E-state index contributed by atoms with van der Waals surface area (Å²) in [5, 5.41) is 0. The minimum Gasteiger partial charge on any atom is -0.331 e. The van der Waals surface area contributed by atoms with Gasteiger partial charge in [0.05, 0.1) is 17.4 Å². The highest BCUT2D eigenvalue weighted by Crippen LogP contribution is 2.22. The van der Waals surface area contributed by atoms with Gasteiger partial charge in [0.1, 0.15) is 0 Å². The van der Waals surface area contributed by atoms with Gasteiger partial charge in [-0.2, -0.15) is 0 Å². The summed E-state index contributed by atoms with van der Waals surface area (Å²) < 4.78 is 2.30. The molecule has 4 rings (SSSR count). The van der Waals surface area contributed by atoms with Gasteiger partial charge in [-0.1, -0.05) is 48.5 Å². The maximum absolute atomic E-state index is 4.57. The van der Waals surface area contributed by atoms with Crippen molar-refractivity contribution in [1.82, 2.24) is 14.5 Å². The first-order chi connectivity index (χ1) is 12.8. The Morgan fingerprint density at radius 1 is 0.962 bits per heavy atom. The number of unbranched alkanes of at least 4 members (excludes halogenated alkanes) is 1. The highest BCUT2D eigenvalue weighted by Gasteiger charge is 2.12. The largest absolute Gasteiger partial charge is 0.331 e. The molecule has 1 aliphatic rings. The zero-order valence-corrected chi connectivity index (χ0v) is 15.6. The molecule has 0 fully saturated rings. The number of aryl methyl sites for hydroxylation is 2. The van der Waals surface area contributed by atoms with Crippen molar-refractivity contribution in [2.24, 2.45) is 0 Å². The molecule has 3 nitrogen and oxygen atoms in total. The third-order valence-corrected chi connectivity index (χ3v) is 5.41. The first-order valence-electron chi connectivity index (χ1n) is 9.68. The van der Waals surface area contributed by atoms with Gasteiger partial charge < -0.3 is 4.57 Å². The zero-order chi connectivity index (χ0) is 17.8. The quantitative estimate of drug-likeness (QED) is 0.592. The van der Waals surface area contributed by atoms with Crippen molar-refractivity contribution < 1.29 is 0 Å². The van der Waals surface area contributed by atoms with Gasteiger partial charge >= 0.3 is 0 Å². The molecule has 26 heavy (non-hydrogen) atoms. The average molecular weight is 345 g/mol. The van der Waals surface area contributed by atoms with Crippen molar-refractivity contribution in [2.75, 3.05) is 19.6 Å². The number of para-hydroxylation sites is 1. The van der Waals surface area contributed by atoms with E-state index in [2.05, 4.69) is 76.0 Å². The van der Waals surface area contributed by atoms with E-state index in [0.717, 1.165) is 25.0 Å². The molecular formula is C23H27N3. The molecule has 2 aromatic carbocycles. The minimum atomic E-state index is 1.05. The van der Waals surface area contributed by atoms with Crippen molar-refractivity contribution in [3.63, 3.8) is 0 Å². The molecule has 0 saturated carbocycles. The Kier molecular flexibility index (Phi) is 5.16. The minimum absolute atomic E-state index is 1.05. The SMILES string of the molecule is Cc1cccc2c1ncn2CCCCN1CC=C(c2ccccc2)CC1. The Balaban J connectivity index is 1.26. The first kappa shape index (κ1) is 17.0. The van der Waals surface area contributed by atoms with Crippen LogP contribution in [0.5, 0.6) is 0 Å². The highest BCUT2D eigenvalue weighted by molar-refractivity contribution is 5.78. The second-order valence-corrected chi connectivity index (χ2v) is 7.23. The summed E-state index contributed by atoms with van der Waals surface area (Å²) >= 11 is 0. The molecule has 0 radical (unpaired) electrons. The van der Waals surface area contributed by atoms with Gasteiger partial charge in [-0.05, 0) is 55.5 Å². The maximum Gasteiger partial charge on any atom is 0.0958 e. The number of hydrogen-bond acceptors (Lipinski definition) is 2. The van der Waals surface area contributed by atoms with Crippen LogP contribution in [0.2, 0.25) is 0 Å². The van der Waals surface area contributed by atoms with E-state index in [1.54, 1.807) is 0 Å². The summed E-state index contributed by atoms with van der Waals surface area (Å²) in [6.45, 7) is 6.63. The molecule has 0 atom stereocenters.